The van der Waals surface area contributed by atoms with Gasteiger partial charge in [-0.15, -0.1) is 0 Å². The van der Waals surface area contributed by atoms with Gasteiger partial charge in [0.1, 0.15) is 11.6 Å². The Balaban J connectivity index is 1.82. The lowest BCUT2D eigenvalue weighted by Gasteiger charge is -2.09. The molecule has 2 aromatic carbocycles. The summed E-state index contributed by atoms with van der Waals surface area (Å²) in [6.07, 6.45) is 0.137. The molecule has 5 heteroatoms. The summed E-state index contributed by atoms with van der Waals surface area (Å²) in [7, 11) is 0. The molecule has 2 aromatic rings. The number of amides is 1. The van der Waals surface area contributed by atoms with Crippen molar-refractivity contribution in [2.24, 2.45) is 0 Å². The van der Waals surface area contributed by atoms with Gasteiger partial charge in [-0.25, -0.2) is 4.39 Å². The van der Waals surface area contributed by atoms with E-state index in [1.807, 2.05) is 6.92 Å². The van der Waals surface area contributed by atoms with Gasteiger partial charge in [-0.05, 0) is 48.9 Å². The monoisotopic (exact) mass is 288 g/mol. The highest BCUT2D eigenvalue weighted by Crippen LogP contribution is 2.16. The van der Waals surface area contributed by atoms with E-state index in [0.29, 0.717) is 11.4 Å². The molecule has 0 atom stereocenters. The predicted octanol–water partition coefficient (Wildman–Crippen LogP) is 3.12. The van der Waals surface area contributed by atoms with Gasteiger partial charge >= 0.3 is 0 Å². The number of benzene rings is 2. The number of aryl methyl sites for hydroxylation is 1. The number of anilines is 2. The van der Waals surface area contributed by atoms with Gasteiger partial charge in [0.05, 0.1) is 18.7 Å². The highest BCUT2D eigenvalue weighted by molar-refractivity contribution is 5.91. The van der Waals surface area contributed by atoms with E-state index in [1.165, 1.54) is 6.07 Å². The molecule has 0 bridgehead atoms. The second-order valence-electron chi connectivity index (χ2n) is 4.70. The third kappa shape index (κ3) is 4.49. The summed E-state index contributed by atoms with van der Waals surface area (Å²) >= 11 is 0. The zero-order valence-corrected chi connectivity index (χ0v) is 11.7. The van der Waals surface area contributed by atoms with E-state index in [2.05, 4.69) is 5.32 Å². The van der Waals surface area contributed by atoms with Crippen molar-refractivity contribution < 1.29 is 13.9 Å². The van der Waals surface area contributed by atoms with Gasteiger partial charge in [0, 0.05) is 5.69 Å². The molecular formula is C16H17FN2O2. The van der Waals surface area contributed by atoms with Crippen LogP contribution in [0.25, 0.3) is 0 Å². The van der Waals surface area contributed by atoms with Crippen LogP contribution in [0.5, 0.6) is 5.75 Å². The van der Waals surface area contributed by atoms with Crippen LogP contribution in [0, 0.1) is 12.7 Å². The number of hydrogen-bond donors (Lipinski definition) is 2. The predicted molar refractivity (Wildman–Crippen MR) is 80.7 cm³/mol. The molecular weight excluding hydrogens is 271 g/mol. The first-order valence-electron chi connectivity index (χ1n) is 6.59. The van der Waals surface area contributed by atoms with E-state index in [1.54, 1.807) is 36.4 Å². The molecule has 0 radical (unpaired) electrons. The third-order valence-corrected chi connectivity index (χ3v) is 2.87. The number of halogens is 1. The average Bonchev–Trinajstić information content (AvgIpc) is 2.45. The molecule has 0 saturated heterocycles. The number of ether oxygens (including phenoxy) is 1. The summed E-state index contributed by atoms with van der Waals surface area (Å²) < 4.78 is 18.9. The zero-order chi connectivity index (χ0) is 15.2. The van der Waals surface area contributed by atoms with Gasteiger partial charge in [0.2, 0.25) is 5.91 Å². The maximum atomic E-state index is 13.5. The molecule has 0 aliphatic heterocycles. The second kappa shape index (κ2) is 6.74. The summed E-state index contributed by atoms with van der Waals surface area (Å²) in [6, 6.07) is 11.5. The van der Waals surface area contributed by atoms with Crippen molar-refractivity contribution in [1.29, 1.82) is 0 Å². The number of carbonyl (C=O) groups excluding carboxylic acids is 1. The van der Waals surface area contributed by atoms with Gasteiger partial charge in [-0.1, -0.05) is 6.07 Å². The van der Waals surface area contributed by atoms with Crippen LogP contribution in [0.3, 0.4) is 0 Å². The molecule has 0 heterocycles. The molecule has 110 valence electrons. The highest BCUT2D eigenvalue weighted by Gasteiger charge is 2.07. The number of nitrogens with one attached hydrogen (secondary N) is 1. The van der Waals surface area contributed by atoms with Crippen LogP contribution in [0.1, 0.15) is 12.0 Å². The fourth-order valence-corrected chi connectivity index (χ4v) is 1.77. The van der Waals surface area contributed by atoms with E-state index in [0.717, 1.165) is 5.56 Å². The Morgan fingerprint density at radius 1 is 1.24 bits per heavy atom. The largest absolute Gasteiger partial charge is 0.493 e. The van der Waals surface area contributed by atoms with E-state index in [9.17, 15) is 9.18 Å². The molecule has 0 aliphatic rings. The Morgan fingerprint density at radius 3 is 2.67 bits per heavy atom. The topological polar surface area (TPSA) is 64.3 Å². The van der Waals surface area contributed by atoms with Gasteiger partial charge in [-0.2, -0.15) is 0 Å². The van der Waals surface area contributed by atoms with Crippen molar-refractivity contribution in [3.63, 3.8) is 0 Å². The molecule has 0 aromatic heterocycles. The Morgan fingerprint density at radius 2 is 1.95 bits per heavy atom. The number of carbonyl (C=O) groups is 1. The van der Waals surface area contributed by atoms with Crippen LogP contribution in [0.2, 0.25) is 0 Å². The fraction of sp³-hybridized carbons (Fsp3) is 0.188. The maximum absolute atomic E-state index is 13.5. The summed E-state index contributed by atoms with van der Waals surface area (Å²) in [5.74, 6) is -0.109. The Kier molecular flexibility index (Phi) is 4.77. The normalized spacial score (nSPS) is 10.2. The molecule has 0 spiro atoms. The van der Waals surface area contributed by atoms with Crippen molar-refractivity contribution in [3.05, 3.63) is 53.8 Å². The number of nitrogen functional groups attached to an aromatic ring is 1. The lowest BCUT2D eigenvalue weighted by molar-refractivity contribution is -0.116. The van der Waals surface area contributed by atoms with Gasteiger partial charge in [-0.3, -0.25) is 4.79 Å². The van der Waals surface area contributed by atoms with Crippen LogP contribution in [0.15, 0.2) is 42.5 Å². The van der Waals surface area contributed by atoms with Gasteiger partial charge in [0.25, 0.3) is 0 Å². The van der Waals surface area contributed by atoms with Gasteiger partial charge < -0.3 is 15.8 Å². The second-order valence-corrected chi connectivity index (χ2v) is 4.70. The van der Waals surface area contributed by atoms with E-state index in [-0.39, 0.29) is 24.6 Å². The van der Waals surface area contributed by atoms with Crippen molar-refractivity contribution in [2.75, 3.05) is 17.7 Å². The molecule has 4 nitrogen and oxygen atoms in total. The first kappa shape index (κ1) is 14.8. The van der Waals surface area contributed by atoms with Crippen LogP contribution in [-0.4, -0.2) is 12.5 Å². The molecule has 2 rings (SSSR count). The smallest absolute Gasteiger partial charge is 0.227 e. The zero-order valence-electron chi connectivity index (χ0n) is 11.7. The van der Waals surface area contributed by atoms with Crippen LogP contribution in [0.4, 0.5) is 15.8 Å². The van der Waals surface area contributed by atoms with E-state index < -0.39 is 5.82 Å². The van der Waals surface area contributed by atoms with E-state index >= 15 is 0 Å². The Labute approximate surface area is 122 Å². The molecule has 1 amide bonds. The summed E-state index contributed by atoms with van der Waals surface area (Å²) in [5.41, 5.74) is 7.28. The summed E-state index contributed by atoms with van der Waals surface area (Å²) in [6.45, 7) is 2.04. The van der Waals surface area contributed by atoms with Crippen molar-refractivity contribution in [1.82, 2.24) is 0 Å². The quantitative estimate of drug-likeness (QED) is 0.831. The molecule has 0 aliphatic carbocycles. The number of nitrogens with two attached hydrogens (primary N) is 1. The minimum Gasteiger partial charge on any atom is -0.493 e. The fourth-order valence-electron chi connectivity index (χ4n) is 1.77. The highest BCUT2D eigenvalue weighted by atomic mass is 19.1. The summed E-state index contributed by atoms with van der Waals surface area (Å²) in [5, 5.41) is 2.53. The lowest BCUT2D eigenvalue weighted by atomic mass is 10.2. The van der Waals surface area contributed by atoms with Crippen molar-refractivity contribution in [2.45, 2.75) is 13.3 Å². The lowest BCUT2D eigenvalue weighted by Crippen LogP contribution is -2.16. The molecule has 0 unspecified atom stereocenters. The SMILES string of the molecule is Cc1ccc(F)c(NC(=O)CCOc2ccc(N)cc2)c1. The molecule has 0 fully saturated rings. The molecule has 21 heavy (non-hydrogen) atoms. The van der Waals surface area contributed by atoms with Gasteiger partial charge in [0.15, 0.2) is 0 Å². The summed E-state index contributed by atoms with van der Waals surface area (Å²) in [4.78, 5) is 11.7. The van der Waals surface area contributed by atoms with Crippen LogP contribution >= 0.6 is 0 Å². The number of rotatable bonds is 5. The van der Waals surface area contributed by atoms with Crippen molar-refractivity contribution in [3.8, 4) is 5.75 Å². The van der Waals surface area contributed by atoms with Crippen molar-refractivity contribution >= 4 is 17.3 Å². The molecule has 3 N–H and O–H groups in total. The Hall–Kier alpha value is -2.56. The van der Waals surface area contributed by atoms with Crippen LogP contribution < -0.4 is 15.8 Å². The third-order valence-electron chi connectivity index (χ3n) is 2.87. The first-order chi connectivity index (χ1) is 10.0. The van der Waals surface area contributed by atoms with E-state index in [4.69, 9.17) is 10.5 Å². The maximum Gasteiger partial charge on any atom is 0.227 e. The Bertz CT molecular complexity index is 627. The van der Waals surface area contributed by atoms with Crippen LogP contribution in [-0.2, 0) is 4.79 Å². The standard InChI is InChI=1S/C16H17FN2O2/c1-11-2-7-14(17)15(10-11)19-16(20)8-9-21-13-5-3-12(18)4-6-13/h2-7,10H,8-9,18H2,1H3,(H,19,20). The minimum atomic E-state index is -0.451. The average molecular weight is 288 g/mol. The number of hydrogen-bond acceptors (Lipinski definition) is 3. The first-order valence-corrected chi connectivity index (χ1v) is 6.59. The minimum absolute atomic E-state index is 0.137. The molecule has 0 saturated carbocycles.